The third-order valence-electron chi connectivity index (χ3n) is 4.81. The molecule has 1 unspecified atom stereocenters. The van der Waals surface area contributed by atoms with E-state index in [0.29, 0.717) is 11.5 Å². The maximum absolute atomic E-state index is 6.12. The monoisotopic (exact) mass is 272 g/mol. The van der Waals surface area contributed by atoms with Gasteiger partial charge < -0.3 is 10.6 Å². The third kappa shape index (κ3) is 4.43. The molecule has 0 aromatic rings. The molecule has 1 rings (SSSR count). The zero-order chi connectivity index (χ0) is 13.6. The second-order valence-corrected chi connectivity index (χ2v) is 7.23. The Morgan fingerprint density at radius 2 is 2.00 bits per heavy atom. The predicted molar refractivity (Wildman–Crippen MR) is 84.2 cm³/mol. The summed E-state index contributed by atoms with van der Waals surface area (Å²) in [6, 6.07) is 0.711. The van der Waals surface area contributed by atoms with Gasteiger partial charge in [0.2, 0.25) is 0 Å². The molecule has 0 heterocycles. The predicted octanol–water partition coefficient (Wildman–Crippen LogP) is 3.22. The van der Waals surface area contributed by atoms with E-state index in [1.165, 1.54) is 44.4 Å². The fourth-order valence-electron chi connectivity index (χ4n) is 3.21. The van der Waals surface area contributed by atoms with Gasteiger partial charge in [0.05, 0.1) is 0 Å². The van der Waals surface area contributed by atoms with Crippen LogP contribution in [0.4, 0.5) is 0 Å². The van der Waals surface area contributed by atoms with Gasteiger partial charge in [-0.1, -0.05) is 26.7 Å². The second kappa shape index (κ2) is 7.76. The van der Waals surface area contributed by atoms with Crippen LogP contribution >= 0.6 is 11.8 Å². The van der Waals surface area contributed by atoms with Crippen molar-refractivity contribution in [3.05, 3.63) is 0 Å². The van der Waals surface area contributed by atoms with E-state index in [1.54, 1.807) is 0 Å². The van der Waals surface area contributed by atoms with Crippen LogP contribution in [0.15, 0.2) is 0 Å². The normalized spacial score (nSPS) is 30.7. The van der Waals surface area contributed by atoms with Crippen LogP contribution in [0.2, 0.25) is 0 Å². The molecular weight excluding hydrogens is 240 g/mol. The Hall–Kier alpha value is 0.270. The van der Waals surface area contributed by atoms with Crippen molar-refractivity contribution in [1.82, 2.24) is 4.90 Å². The van der Waals surface area contributed by atoms with E-state index in [0.717, 1.165) is 12.5 Å². The molecule has 0 aliphatic heterocycles. The van der Waals surface area contributed by atoms with E-state index in [9.17, 15) is 0 Å². The average Bonchev–Trinajstić information content (AvgIpc) is 2.38. The first-order chi connectivity index (χ1) is 8.56. The van der Waals surface area contributed by atoms with E-state index >= 15 is 0 Å². The van der Waals surface area contributed by atoms with Crippen molar-refractivity contribution in [2.45, 2.75) is 52.0 Å². The largest absolute Gasteiger partial charge is 0.330 e. The quantitative estimate of drug-likeness (QED) is 0.771. The summed E-state index contributed by atoms with van der Waals surface area (Å²) in [5.74, 6) is 2.15. The van der Waals surface area contributed by atoms with Crippen LogP contribution in [0.1, 0.15) is 46.0 Å². The van der Waals surface area contributed by atoms with Crippen molar-refractivity contribution in [3.63, 3.8) is 0 Å². The highest BCUT2D eigenvalue weighted by Gasteiger charge is 2.34. The van der Waals surface area contributed by atoms with Crippen molar-refractivity contribution in [3.8, 4) is 0 Å². The van der Waals surface area contributed by atoms with Gasteiger partial charge in [-0.3, -0.25) is 0 Å². The number of rotatable bonds is 7. The summed E-state index contributed by atoms with van der Waals surface area (Å²) >= 11 is 1.96. The fourth-order valence-corrected chi connectivity index (χ4v) is 4.08. The summed E-state index contributed by atoms with van der Waals surface area (Å²) in [7, 11) is 2.29. The molecular formula is C15H32N2S. The topological polar surface area (TPSA) is 29.3 Å². The smallest absolute Gasteiger partial charge is 0.0180 e. The van der Waals surface area contributed by atoms with Crippen molar-refractivity contribution >= 4 is 11.8 Å². The summed E-state index contributed by atoms with van der Waals surface area (Å²) in [5, 5.41) is 0. The van der Waals surface area contributed by atoms with E-state index in [2.05, 4.69) is 32.1 Å². The molecule has 3 heteroatoms. The molecule has 1 saturated carbocycles. The van der Waals surface area contributed by atoms with Crippen molar-refractivity contribution in [2.75, 3.05) is 32.1 Å². The Morgan fingerprint density at radius 1 is 1.39 bits per heavy atom. The fraction of sp³-hybridized carbons (Fsp3) is 1.00. The number of hydrogen-bond acceptors (Lipinski definition) is 3. The summed E-state index contributed by atoms with van der Waals surface area (Å²) in [6.07, 6.45) is 8.83. The molecule has 0 aromatic carbocycles. The molecule has 1 aliphatic carbocycles. The summed E-state index contributed by atoms with van der Waals surface area (Å²) in [4.78, 5) is 2.57. The van der Waals surface area contributed by atoms with Gasteiger partial charge in [-0.2, -0.15) is 11.8 Å². The summed E-state index contributed by atoms with van der Waals surface area (Å²) in [6.45, 7) is 6.73. The molecule has 0 aromatic heterocycles. The van der Waals surface area contributed by atoms with Gasteiger partial charge >= 0.3 is 0 Å². The molecule has 0 spiro atoms. The highest BCUT2D eigenvalue weighted by Crippen LogP contribution is 2.39. The Kier molecular flexibility index (Phi) is 7.04. The van der Waals surface area contributed by atoms with Gasteiger partial charge in [-0.15, -0.1) is 0 Å². The van der Waals surface area contributed by atoms with Gasteiger partial charge in [0, 0.05) is 18.3 Å². The van der Waals surface area contributed by atoms with Crippen molar-refractivity contribution in [2.24, 2.45) is 17.1 Å². The molecule has 108 valence electrons. The highest BCUT2D eigenvalue weighted by atomic mass is 32.2. The zero-order valence-corrected chi connectivity index (χ0v) is 13.6. The Balaban J connectivity index is 2.56. The molecule has 1 fully saturated rings. The van der Waals surface area contributed by atoms with E-state index in [1.807, 2.05) is 11.8 Å². The molecule has 1 aliphatic rings. The highest BCUT2D eigenvalue weighted by molar-refractivity contribution is 7.98. The molecule has 0 amide bonds. The summed E-state index contributed by atoms with van der Waals surface area (Å²) < 4.78 is 0. The van der Waals surface area contributed by atoms with Crippen LogP contribution in [0.3, 0.4) is 0 Å². The van der Waals surface area contributed by atoms with Gasteiger partial charge in [-0.25, -0.2) is 0 Å². The first-order valence-corrected chi connectivity index (χ1v) is 8.85. The van der Waals surface area contributed by atoms with Crippen LogP contribution < -0.4 is 5.73 Å². The second-order valence-electron chi connectivity index (χ2n) is 6.32. The maximum Gasteiger partial charge on any atom is 0.0180 e. The SMILES string of the molecule is CCC(CSC)N(C)CC1(CN)CCC(C)CC1. The molecule has 1 atom stereocenters. The Labute approximate surface area is 118 Å². The van der Waals surface area contributed by atoms with Crippen LogP contribution in [-0.2, 0) is 0 Å². The Morgan fingerprint density at radius 3 is 2.44 bits per heavy atom. The van der Waals surface area contributed by atoms with Crippen LogP contribution in [0, 0.1) is 11.3 Å². The molecule has 0 saturated heterocycles. The number of hydrogen-bond donors (Lipinski definition) is 1. The molecule has 18 heavy (non-hydrogen) atoms. The van der Waals surface area contributed by atoms with Crippen LogP contribution in [0.25, 0.3) is 0 Å². The first kappa shape index (κ1) is 16.3. The van der Waals surface area contributed by atoms with Gasteiger partial charge in [0.25, 0.3) is 0 Å². The lowest BCUT2D eigenvalue weighted by Gasteiger charge is -2.43. The minimum absolute atomic E-state index is 0.396. The van der Waals surface area contributed by atoms with E-state index < -0.39 is 0 Å². The van der Waals surface area contributed by atoms with Gasteiger partial charge in [0.1, 0.15) is 0 Å². The number of nitrogens with zero attached hydrogens (tertiary/aromatic N) is 1. The van der Waals surface area contributed by atoms with Gasteiger partial charge in [-0.05, 0) is 50.4 Å². The number of nitrogens with two attached hydrogens (primary N) is 1. The lowest BCUT2D eigenvalue weighted by Crippen LogP contribution is -2.47. The van der Waals surface area contributed by atoms with E-state index in [4.69, 9.17) is 5.73 Å². The average molecular weight is 273 g/mol. The van der Waals surface area contributed by atoms with Crippen molar-refractivity contribution in [1.29, 1.82) is 0 Å². The first-order valence-electron chi connectivity index (χ1n) is 7.46. The third-order valence-corrected chi connectivity index (χ3v) is 5.52. The van der Waals surface area contributed by atoms with Gasteiger partial charge in [0.15, 0.2) is 0 Å². The Bertz CT molecular complexity index is 225. The van der Waals surface area contributed by atoms with E-state index in [-0.39, 0.29) is 0 Å². The van der Waals surface area contributed by atoms with Crippen LogP contribution in [-0.4, -0.2) is 43.1 Å². The number of thioether (sulfide) groups is 1. The maximum atomic E-state index is 6.12. The minimum atomic E-state index is 0.396. The van der Waals surface area contributed by atoms with Crippen molar-refractivity contribution < 1.29 is 0 Å². The lowest BCUT2D eigenvalue weighted by molar-refractivity contribution is 0.0903. The zero-order valence-electron chi connectivity index (χ0n) is 12.7. The summed E-state index contributed by atoms with van der Waals surface area (Å²) in [5.41, 5.74) is 6.51. The molecule has 2 nitrogen and oxygen atoms in total. The van der Waals surface area contributed by atoms with Crippen LogP contribution in [0.5, 0.6) is 0 Å². The lowest BCUT2D eigenvalue weighted by atomic mass is 9.70. The minimum Gasteiger partial charge on any atom is -0.330 e. The molecule has 2 N–H and O–H groups in total. The molecule has 0 bridgehead atoms. The molecule has 0 radical (unpaired) electrons. The standard InChI is InChI=1S/C15H32N2S/c1-5-14(10-18-4)17(3)12-15(11-16)8-6-13(2)7-9-15/h13-14H,5-12,16H2,1-4H3.